The number of amides is 1. The van der Waals surface area contributed by atoms with E-state index in [0.29, 0.717) is 23.5 Å². The monoisotopic (exact) mass is 271 g/mol. The molecule has 0 saturated heterocycles. The Labute approximate surface area is 117 Å². The molecule has 20 heavy (non-hydrogen) atoms. The van der Waals surface area contributed by atoms with E-state index in [1.54, 1.807) is 30.6 Å². The van der Waals surface area contributed by atoms with Crippen molar-refractivity contribution in [3.05, 3.63) is 53.9 Å². The van der Waals surface area contributed by atoms with Gasteiger partial charge in [0.25, 0.3) is 5.91 Å². The number of hydrogen-bond donors (Lipinski definition) is 2. The van der Waals surface area contributed by atoms with Crippen LogP contribution in [-0.2, 0) is 6.42 Å². The number of ether oxygens (including phenoxy) is 1. The van der Waals surface area contributed by atoms with Gasteiger partial charge in [0.1, 0.15) is 5.75 Å². The van der Waals surface area contributed by atoms with Crippen LogP contribution in [0.1, 0.15) is 15.9 Å². The largest absolute Gasteiger partial charge is 0.495 e. The molecular weight excluding hydrogens is 254 g/mol. The lowest BCUT2D eigenvalue weighted by atomic mass is 10.1. The summed E-state index contributed by atoms with van der Waals surface area (Å²) in [7, 11) is 1.52. The van der Waals surface area contributed by atoms with E-state index in [-0.39, 0.29) is 5.91 Å². The molecule has 0 fully saturated rings. The van der Waals surface area contributed by atoms with E-state index in [9.17, 15) is 4.79 Å². The molecule has 0 atom stereocenters. The van der Waals surface area contributed by atoms with Gasteiger partial charge in [-0.1, -0.05) is 6.07 Å². The van der Waals surface area contributed by atoms with E-state index in [4.69, 9.17) is 10.5 Å². The standard InChI is InChI=1S/C15H17N3O2/c1-20-13-4-2-3-12(14(13)16)15(19)18-10-7-11-5-8-17-9-6-11/h2-6,8-9H,7,10,16H2,1H3,(H,18,19). The third-order valence-electron chi connectivity index (χ3n) is 2.98. The highest BCUT2D eigenvalue weighted by Crippen LogP contribution is 2.24. The molecule has 0 bridgehead atoms. The van der Waals surface area contributed by atoms with Crippen LogP contribution >= 0.6 is 0 Å². The highest BCUT2D eigenvalue weighted by molar-refractivity contribution is 6.00. The summed E-state index contributed by atoms with van der Waals surface area (Å²) in [6.45, 7) is 0.541. The molecule has 0 aliphatic rings. The van der Waals surface area contributed by atoms with Crippen molar-refractivity contribution in [3.8, 4) is 5.75 Å². The van der Waals surface area contributed by atoms with Crippen LogP contribution in [0, 0.1) is 0 Å². The van der Waals surface area contributed by atoms with Gasteiger partial charge in [0.05, 0.1) is 18.4 Å². The Morgan fingerprint density at radius 2 is 2.05 bits per heavy atom. The number of anilines is 1. The number of benzene rings is 1. The van der Waals surface area contributed by atoms with Gasteiger partial charge >= 0.3 is 0 Å². The second-order valence-electron chi connectivity index (χ2n) is 4.28. The van der Waals surface area contributed by atoms with E-state index in [1.165, 1.54) is 7.11 Å². The van der Waals surface area contributed by atoms with Gasteiger partial charge < -0.3 is 15.8 Å². The van der Waals surface area contributed by atoms with E-state index < -0.39 is 0 Å². The van der Waals surface area contributed by atoms with Crippen molar-refractivity contribution < 1.29 is 9.53 Å². The van der Waals surface area contributed by atoms with Crippen LogP contribution < -0.4 is 15.8 Å². The molecule has 0 radical (unpaired) electrons. The molecule has 1 amide bonds. The fourth-order valence-corrected chi connectivity index (χ4v) is 1.89. The molecule has 0 aliphatic heterocycles. The van der Waals surface area contributed by atoms with Gasteiger partial charge in [-0.3, -0.25) is 9.78 Å². The molecule has 0 aliphatic carbocycles. The van der Waals surface area contributed by atoms with E-state index in [1.807, 2.05) is 12.1 Å². The second-order valence-corrected chi connectivity index (χ2v) is 4.28. The van der Waals surface area contributed by atoms with Crippen molar-refractivity contribution in [3.63, 3.8) is 0 Å². The number of hydrogen-bond acceptors (Lipinski definition) is 4. The highest BCUT2D eigenvalue weighted by atomic mass is 16.5. The Hall–Kier alpha value is -2.56. The molecule has 2 rings (SSSR count). The summed E-state index contributed by atoms with van der Waals surface area (Å²) in [5.74, 6) is 0.308. The zero-order valence-corrected chi connectivity index (χ0v) is 11.3. The molecule has 0 saturated carbocycles. The second kappa shape index (κ2) is 6.56. The SMILES string of the molecule is COc1cccc(C(=O)NCCc2ccncc2)c1N. The predicted octanol–water partition coefficient (Wildman–Crippen LogP) is 1.64. The van der Waals surface area contributed by atoms with Gasteiger partial charge in [-0.25, -0.2) is 0 Å². The first-order valence-electron chi connectivity index (χ1n) is 6.32. The molecule has 1 aromatic heterocycles. The third kappa shape index (κ3) is 3.26. The van der Waals surface area contributed by atoms with Crippen LogP contribution in [0.2, 0.25) is 0 Å². The van der Waals surface area contributed by atoms with Gasteiger partial charge in [0.15, 0.2) is 0 Å². The number of nitrogens with two attached hydrogens (primary N) is 1. The Morgan fingerprint density at radius 1 is 1.30 bits per heavy atom. The lowest BCUT2D eigenvalue weighted by Gasteiger charge is -2.10. The summed E-state index contributed by atoms with van der Waals surface area (Å²) in [4.78, 5) is 16.0. The van der Waals surface area contributed by atoms with Crippen molar-refractivity contribution in [2.75, 3.05) is 19.4 Å². The predicted molar refractivity (Wildman–Crippen MR) is 77.7 cm³/mol. The number of carbonyl (C=O) groups excluding carboxylic acids is 1. The molecule has 0 spiro atoms. The van der Waals surface area contributed by atoms with Gasteiger partial charge in [-0.05, 0) is 36.2 Å². The van der Waals surface area contributed by atoms with Gasteiger partial charge in [-0.15, -0.1) is 0 Å². The number of pyridine rings is 1. The number of nitrogens with zero attached hydrogens (tertiary/aromatic N) is 1. The van der Waals surface area contributed by atoms with Crippen LogP contribution in [0.15, 0.2) is 42.7 Å². The number of rotatable bonds is 5. The van der Waals surface area contributed by atoms with Crippen molar-refractivity contribution in [2.45, 2.75) is 6.42 Å². The molecule has 2 aromatic rings. The minimum Gasteiger partial charge on any atom is -0.495 e. The Morgan fingerprint density at radius 3 is 2.75 bits per heavy atom. The van der Waals surface area contributed by atoms with Crippen LogP contribution in [0.5, 0.6) is 5.75 Å². The molecule has 5 nitrogen and oxygen atoms in total. The number of para-hydroxylation sites is 1. The average molecular weight is 271 g/mol. The van der Waals surface area contributed by atoms with Gasteiger partial charge in [-0.2, -0.15) is 0 Å². The molecule has 3 N–H and O–H groups in total. The first-order valence-corrected chi connectivity index (χ1v) is 6.32. The Balaban J connectivity index is 1.95. The Kier molecular flexibility index (Phi) is 4.55. The maximum Gasteiger partial charge on any atom is 0.253 e. The van der Waals surface area contributed by atoms with Crippen molar-refractivity contribution in [2.24, 2.45) is 0 Å². The van der Waals surface area contributed by atoms with E-state index >= 15 is 0 Å². The number of nitrogens with one attached hydrogen (secondary N) is 1. The summed E-state index contributed by atoms with van der Waals surface area (Å²) in [6.07, 6.45) is 4.21. The lowest BCUT2D eigenvalue weighted by Crippen LogP contribution is -2.26. The fourth-order valence-electron chi connectivity index (χ4n) is 1.89. The zero-order valence-electron chi connectivity index (χ0n) is 11.3. The molecule has 1 heterocycles. The lowest BCUT2D eigenvalue weighted by molar-refractivity contribution is 0.0955. The smallest absolute Gasteiger partial charge is 0.253 e. The van der Waals surface area contributed by atoms with E-state index in [0.717, 1.165) is 12.0 Å². The zero-order chi connectivity index (χ0) is 14.4. The number of aromatic nitrogens is 1. The summed E-state index contributed by atoms with van der Waals surface area (Å²) in [5, 5.41) is 2.84. The first-order chi connectivity index (χ1) is 9.72. The molecule has 1 aromatic carbocycles. The topological polar surface area (TPSA) is 77.2 Å². The third-order valence-corrected chi connectivity index (χ3v) is 2.98. The maximum absolute atomic E-state index is 12.1. The summed E-state index contributed by atoms with van der Waals surface area (Å²) < 4.78 is 5.10. The molecule has 0 unspecified atom stereocenters. The van der Waals surface area contributed by atoms with Gasteiger partial charge in [0.2, 0.25) is 0 Å². The summed E-state index contributed by atoms with van der Waals surface area (Å²) in [6, 6.07) is 8.99. The van der Waals surface area contributed by atoms with Crippen LogP contribution in [0.4, 0.5) is 5.69 Å². The van der Waals surface area contributed by atoms with Crippen LogP contribution in [0.3, 0.4) is 0 Å². The summed E-state index contributed by atoms with van der Waals surface area (Å²) >= 11 is 0. The van der Waals surface area contributed by atoms with Crippen LogP contribution in [-0.4, -0.2) is 24.5 Å². The number of methoxy groups -OCH3 is 1. The van der Waals surface area contributed by atoms with Crippen molar-refractivity contribution in [1.82, 2.24) is 10.3 Å². The molecule has 104 valence electrons. The molecule has 5 heteroatoms. The molecular formula is C15H17N3O2. The average Bonchev–Trinajstić information content (AvgIpc) is 2.48. The Bertz CT molecular complexity index is 585. The number of carbonyl (C=O) groups is 1. The minimum absolute atomic E-state index is 0.199. The maximum atomic E-state index is 12.1. The van der Waals surface area contributed by atoms with Crippen LogP contribution in [0.25, 0.3) is 0 Å². The normalized spacial score (nSPS) is 10.1. The van der Waals surface area contributed by atoms with Crippen molar-refractivity contribution >= 4 is 11.6 Å². The van der Waals surface area contributed by atoms with Crippen molar-refractivity contribution in [1.29, 1.82) is 0 Å². The first kappa shape index (κ1) is 13.9. The summed E-state index contributed by atoms with van der Waals surface area (Å²) in [5.41, 5.74) is 7.79. The van der Waals surface area contributed by atoms with Gasteiger partial charge in [0, 0.05) is 18.9 Å². The fraction of sp³-hybridized carbons (Fsp3) is 0.200. The minimum atomic E-state index is -0.199. The van der Waals surface area contributed by atoms with E-state index in [2.05, 4.69) is 10.3 Å². The number of nitrogen functional groups attached to an aromatic ring is 1. The highest BCUT2D eigenvalue weighted by Gasteiger charge is 2.12. The quantitative estimate of drug-likeness (QED) is 0.810.